The van der Waals surface area contributed by atoms with Crippen molar-refractivity contribution in [3.05, 3.63) is 28.5 Å². The van der Waals surface area contributed by atoms with Crippen molar-refractivity contribution < 1.29 is 4.39 Å². The molecule has 74 valence electrons. The van der Waals surface area contributed by atoms with Crippen molar-refractivity contribution in [3.8, 4) is 0 Å². The molecule has 14 heavy (non-hydrogen) atoms. The van der Waals surface area contributed by atoms with Crippen LogP contribution in [0.5, 0.6) is 0 Å². The average molecular weight is 257 g/mol. The number of hydrogen-bond acceptors (Lipinski definition) is 1. The van der Waals surface area contributed by atoms with E-state index in [9.17, 15) is 4.39 Å². The van der Waals surface area contributed by atoms with Gasteiger partial charge in [-0.2, -0.15) is 0 Å². The lowest BCUT2D eigenvalue weighted by atomic mass is 10.3. The monoisotopic (exact) mass is 256 g/mol. The molecule has 0 atom stereocenters. The molecular weight excluding hydrogens is 247 g/mol. The summed E-state index contributed by atoms with van der Waals surface area (Å²) < 4.78 is 13.7. The van der Waals surface area contributed by atoms with Crippen LogP contribution >= 0.6 is 15.9 Å². The van der Waals surface area contributed by atoms with E-state index >= 15 is 0 Å². The maximum absolute atomic E-state index is 13.2. The smallest absolute Gasteiger partial charge is 0.139 e. The summed E-state index contributed by atoms with van der Waals surface area (Å²) >= 11 is 3.11. The molecule has 0 unspecified atom stereocenters. The summed E-state index contributed by atoms with van der Waals surface area (Å²) in [6, 6.07) is 4.97. The van der Waals surface area contributed by atoms with Crippen LogP contribution in [0, 0.1) is 11.2 Å². The highest BCUT2D eigenvalue weighted by Gasteiger charge is 2.18. The molecule has 1 saturated heterocycles. The zero-order valence-electron chi connectivity index (χ0n) is 7.56. The number of benzene rings is 1. The third-order valence-electron chi connectivity index (χ3n) is 2.34. The molecule has 2 rings (SSSR count). The molecule has 0 aliphatic carbocycles. The zero-order chi connectivity index (χ0) is 10.1. The van der Waals surface area contributed by atoms with Gasteiger partial charge in [0, 0.05) is 18.7 Å². The second-order valence-electron chi connectivity index (χ2n) is 3.30. The molecule has 0 spiro atoms. The Morgan fingerprint density at radius 3 is 2.79 bits per heavy atom. The second-order valence-corrected chi connectivity index (χ2v) is 4.15. The van der Waals surface area contributed by atoms with Gasteiger partial charge in [0.1, 0.15) is 11.7 Å². The Hall–Kier alpha value is -0.900. The van der Waals surface area contributed by atoms with Gasteiger partial charge in [-0.3, -0.25) is 5.41 Å². The molecule has 1 aromatic carbocycles. The summed E-state index contributed by atoms with van der Waals surface area (Å²) in [7, 11) is 0. The lowest BCUT2D eigenvalue weighted by Gasteiger charge is -2.17. The minimum absolute atomic E-state index is 0.276. The molecule has 1 aliphatic rings. The van der Waals surface area contributed by atoms with Gasteiger partial charge in [-0.1, -0.05) is 0 Å². The molecule has 0 radical (unpaired) electrons. The van der Waals surface area contributed by atoms with Gasteiger partial charge < -0.3 is 4.90 Å². The van der Waals surface area contributed by atoms with E-state index in [1.807, 2.05) is 11.0 Å². The van der Waals surface area contributed by atoms with E-state index in [0.717, 1.165) is 25.1 Å². The first-order chi connectivity index (χ1) is 6.68. The van der Waals surface area contributed by atoms with Crippen molar-refractivity contribution in [3.63, 3.8) is 0 Å². The molecule has 0 saturated carbocycles. The van der Waals surface area contributed by atoms with Crippen molar-refractivity contribution in [1.29, 1.82) is 5.41 Å². The minimum Gasteiger partial charge on any atom is -0.330 e. The first-order valence-electron chi connectivity index (χ1n) is 4.48. The summed E-state index contributed by atoms with van der Waals surface area (Å²) in [6.45, 7) is 0.819. The topological polar surface area (TPSA) is 27.1 Å². The van der Waals surface area contributed by atoms with Gasteiger partial charge in [0.2, 0.25) is 0 Å². The van der Waals surface area contributed by atoms with Crippen LogP contribution in [0.4, 0.5) is 10.1 Å². The first kappa shape index (κ1) is 9.65. The van der Waals surface area contributed by atoms with E-state index in [1.54, 1.807) is 6.07 Å². The van der Waals surface area contributed by atoms with Crippen molar-refractivity contribution in [2.75, 3.05) is 11.4 Å². The zero-order valence-corrected chi connectivity index (χ0v) is 9.14. The summed E-state index contributed by atoms with van der Waals surface area (Å²) in [5.74, 6) is 0.300. The van der Waals surface area contributed by atoms with Gasteiger partial charge in [-0.05, 0) is 40.5 Å². The fraction of sp³-hybridized carbons (Fsp3) is 0.300. The Balaban J connectivity index is 2.32. The fourth-order valence-corrected chi connectivity index (χ4v) is 1.86. The number of rotatable bonds is 1. The third-order valence-corrected chi connectivity index (χ3v) is 2.98. The normalized spacial score (nSPS) is 16.4. The largest absolute Gasteiger partial charge is 0.330 e. The number of anilines is 1. The molecule has 1 aliphatic heterocycles. The van der Waals surface area contributed by atoms with Crippen LogP contribution in [0.3, 0.4) is 0 Å². The Labute approximate surface area is 90.4 Å². The van der Waals surface area contributed by atoms with E-state index in [4.69, 9.17) is 5.41 Å². The maximum atomic E-state index is 13.2. The highest BCUT2D eigenvalue weighted by molar-refractivity contribution is 9.10. The van der Waals surface area contributed by atoms with E-state index in [2.05, 4.69) is 15.9 Å². The molecule has 1 fully saturated rings. The van der Waals surface area contributed by atoms with Gasteiger partial charge in [0.05, 0.1) is 4.47 Å². The van der Waals surface area contributed by atoms with E-state index < -0.39 is 0 Å². The van der Waals surface area contributed by atoms with Crippen LogP contribution in [0.15, 0.2) is 22.7 Å². The second kappa shape index (κ2) is 3.69. The first-order valence-corrected chi connectivity index (χ1v) is 5.28. The van der Waals surface area contributed by atoms with Gasteiger partial charge in [0.25, 0.3) is 0 Å². The van der Waals surface area contributed by atoms with Crippen LogP contribution in [-0.4, -0.2) is 12.4 Å². The van der Waals surface area contributed by atoms with Crippen molar-refractivity contribution in [2.45, 2.75) is 12.8 Å². The van der Waals surface area contributed by atoms with Gasteiger partial charge in [-0.15, -0.1) is 0 Å². The number of nitrogens with zero attached hydrogens (tertiary/aromatic N) is 1. The third kappa shape index (κ3) is 1.66. The van der Waals surface area contributed by atoms with E-state index in [0.29, 0.717) is 10.3 Å². The number of amidine groups is 1. The van der Waals surface area contributed by atoms with Gasteiger partial charge in [-0.25, -0.2) is 4.39 Å². The highest BCUT2D eigenvalue weighted by Crippen LogP contribution is 2.25. The quantitative estimate of drug-likeness (QED) is 0.821. The average Bonchev–Trinajstić information content (AvgIpc) is 2.57. The summed E-state index contributed by atoms with van der Waals surface area (Å²) in [4.78, 5) is 1.84. The van der Waals surface area contributed by atoms with Gasteiger partial charge in [0.15, 0.2) is 0 Å². The molecule has 4 heteroatoms. The fourth-order valence-electron chi connectivity index (χ4n) is 1.61. The van der Waals surface area contributed by atoms with E-state index in [-0.39, 0.29) is 5.82 Å². The maximum Gasteiger partial charge on any atom is 0.139 e. The van der Waals surface area contributed by atoms with Crippen LogP contribution < -0.4 is 4.90 Å². The molecule has 0 amide bonds. The van der Waals surface area contributed by atoms with Crippen molar-refractivity contribution in [1.82, 2.24) is 0 Å². The van der Waals surface area contributed by atoms with Crippen LogP contribution in [0.2, 0.25) is 0 Å². The molecule has 1 heterocycles. The number of nitrogens with one attached hydrogen (secondary N) is 1. The van der Waals surface area contributed by atoms with Gasteiger partial charge >= 0.3 is 0 Å². The standard InChI is InChI=1S/C10H10BrFN2/c11-8-4-3-7(6-9(8)12)14-5-1-2-10(14)13/h3-4,6,13H,1-2,5H2. The Kier molecular flexibility index (Phi) is 2.54. The summed E-state index contributed by atoms with van der Waals surface area (Å²) in [6.07, 6.45) is 1.77. The molecule has 0 bridgehead atoms. The van der Waals surface area contributed by atoms with Crippen LogP contribution in [0.1, 0.15) is 12.8 Å². The molecule has 1 aromatic rings. The molecule has 0 aromatic heterocycles. The Morgan fingerprint density at radius 1 is 1.43 bits per heavy atom. The van der Waals surface area contributed by atoms with Crippen molar-refractivity contribution in [2.24, 2.45) is 0 Å². The number of hydrogen-bond donors (Lipinski definition) is 1. The van der Waals surface area contributed by atoms with Crippen LogP contribution in [0.25, 0.3) is 0 Å². The Bertz CT molecular complexity index is 378. The lowest BCUT2D eigenvalue weighted by molar-refractivity contribution is 0.621. The number of halogens is 2. The summed E-state index contributed by atoms with van der Waals surface area (Å²) in [5.41, 5.74) is 0.771. The lowest BCUT2D eigenvalue weighted by Crippen LogP contribution is -2.23. The van der Waals surface area contributed by atoms with E-state index in [1.165, 1.54) is 6.07 Å². The minimum atomic E-state index is -0.276. The molecule has 1 N–H and O–H groups in total. The van der Waals surface area contributed by atoms with Crippen LogP contribution in [-0.2, 0) is 0 Å². The predicted molar refractivity (Wildman–Crippen MR) is 58.4 cm³/mol. The molecule has 2 nitrogen and oxygen atoms in total. The SMILES string of the molecule is N=C1CCCN1c1ccc(Br)c(F)c1. The predicted octanol–water partition coefficient (Wildman–Crippen LogP) is 3.17. The van der Waals surface area contributed by atoms with Crippen molar-refractivity contribution >= 4 is 27.5 Å². The summed E-state index contributed by atoms with van der Waals surface area (Å²) in [5, 5.41) is 7.66. The highest BCUT2D eigenvalue weighted by atomic mass is 79.9. The molecular formula is C10H10BrFN2. The Morgan fingerprint density at radius 2 is 2.21 bits per heavy atom.